The van der Waals surface area contributed by atoms with Gasteiger partial charge in [-0.2, -0.15) is 0 Å². The quantitative estimate of drug-likeness (QED) is 0.637. The fourth-order valence-electron chi connectivity index (χ4n) is 1.43. The Kier molecular flexibility index (Phi) is 1.90. The van der Waals surface area contributed by atoms with Gasteiger partial charge in [0.2, 0.25) is 0 Å². The van der Waals surface area contributed by atoms with Crippen LogP contribution in [-0.2, 0) is 5.41 Å². The summed E-state index contributed by atoms with van der Waals surface area (Å²) < 4.78 is 0. The van der Waals surface area contributed by atoms with Crippen molar-refractivity contribution in [2.45, 2.75) is 44.9 Å². The molecule has 0 bridgehead atoms. The molecular weight excluding hydrogens is 158 g/mol. The molecular formula is C12H16N. The van der Waals surface area contributed by atoms with E-state index in [9.17, 15) is 0 Å². The van der Waals surface area contributed by atoms with E-state index in [1.165, 1.54) is 24.1 Å². The Labute approximate surface area is 80.2 Å². The molecule has 13 heavy (non-hydrogen) atoms. The van der Waals surface area contributed by atoms with Gasteiger partial charge in [-0.3, -0.25) is 4.98 Å². The molecule has 0 spiro atoms. The average molecular weight is 174 g/mol. The molecule has 0 aromatic carbocycles. The van der Waals surface area contributed by atoms with Gasteiger partial charge in [-0.05, 0) is 36.0 Å². The fourth-order valence-corrected chi connectivity index (χ4v) is 1.43. The van der Waals surface area contributed by atoms with Crippen molar-refractivity contribution in [3.05, 3.63) is 29.6 Å². The molecule has 69 valence electrons. The van der Waals surface area contributed by atoms with Gasteiger partial charge in [-0.15, -0.1) is 0 Å². The van der Waals surface area contributed by atoms with Crippen molar-refractivity contribution in [2.75, 3.05) is 0 Å². The molecule has 0 atom stereocenters. The van der Waals surface area contributed by atoms with Crippen molar-refractivity contribution in [3.8, 4) is 0 Å². The smallest absolute Gasteiger partial charge is 0.0892 e. The zero-order chi connectivity index (χ0) is 9.47. The van der Waals surface area contributed by atoms with Gasteiger partial charge >= 0.3 is 0 Å². The van der Waals surface area contributed by atoms with E-state index in [0.717, 1.165) is 5.92 Å². The summed E-state index contributed by atoms with van der Waals surface area (Å²) >= 11 is 0. The van der Waals surface area contributed by atoms with Crippen molar-refractivity contribution in [1.29, 1.82) is 0 Å². The van der Waals surface area contributed by atoms with Gasteiger partial charge in [0, 0.05) is 11.6 Å². The first-order chi connectivity index (χ1) is 6.07. The van der Waals surface area contributed by atoms with Crippen molar-refractivity contribution in [2.24, 2.45) is 0 Å². The minimum absolute atomic E-state index is 0.225. The summed E-state index contributed by atoms with van der Waals surface area (Å²) in [4.78, 5) is 4.29. The van der Waals surface area contributed by atoms with Crippen molar-refractivity contribution >= 4 is 0 Å². The molecule has 0 unspecified atom stereocenters. The maximum atomic E-state index is 4.29. The van der Waals surface area contributed by atoms with Crippen LogP contribution >= 0.6 is 0 Å². The molecule has 0 aliphatic heterocycles. The Hall–Kier alpha value is -0.850. The lowest BCUT2D eigenvalue weighted by molar-refractivity contribution is 0.587. The number of aromatic nitrogens is 1. The predicted octanol–water partition coefficient (Wildman–Crippen LogP) is 3.06. The molecule has 2 rings (SSSR count). The highest BCUT2D eigenvalue weighted by Crippen LogP contribution is 2.39. The number of hydrogen-bond donors (Lipinski definition) is 0. The molecule has 1 aromatic rings. The Morgan fingerprint density at radius 3 is 2.62 bits per heavy atom. The summed E-state index contributed by atoms with van der Waals surface area (Å²) in [6.45, 7) is 6.69. The second-order valence-corrected chi connectivity index (χ2v) is 4.93. The average Bonchev–Trinajstić information content (AvgIpc) is 2.85. The van der Waals surface area contributed by atoms with Crippen molar-refractivity contribution < 1.29 is 0 Å². The van der Waals surface area contributed by atoms with Crippen LogP contribution in [0.2, 0.25) is 0 Å². The minimum Gasteiger partial charge on any atom is -0.251 e. The van der Waals surface area contributed by atoms with Crippen LogP contribution in [0, 0.1) is 6.20 Å². The van der Waals surface area contributed by atoms with Crippen molar-refractivity contribution in [3.63, 3.8) is 0 Å². The van der Waals surface area contributed by atoms with Gasteiger partial charge in [0.1, 0.15) is 0 Å². The minimum atomic E-state index is 0.225. The Bertz CT molecular complexity index is 305. The Balaban J connectivity index is 2.32. The van der Waals surface area contributed by atoms with Crippen LogP contribution in [0.4, 0.5) is 0 Å². The first-order valence-corrected chi connectivity index (χ1v) is 4.96. The maximum absolute atomic E-state index is 4.29. The third-order valence-electron chi connectivity index (χ3n) is 2.58. The van der Waals surface area contributed by atoms with Crippen molar-refractivity contribution in [1.82, 2.24) is 4.98 Å². The standard InChI is InChI=1S/C12H16N/c1-12(2,3)10-6-7-13-11(8-10)9-4-5-9/h6,8-9H,4-5H2,1-3H3. The van der Waals surface area contributed by atoms with Crippen LogP contribution in [0.15, 0.2) is 12.1 Å². The lowest BCUT2D eigenvalue weighted by atomic mass is 9.87. The first-order valence-electron chi connectivity index (χ1n) is 4.96. The van der Waals surface area contributed by atoms with Crippen LogP contribution in [0.5, 0.6) is 0 Å². The Morgan fingerprint density at radius 1 is 1.38 bits per heavy atom. The summed E-state index contributed by atoms with van der Waals surface area (Å²) in [5, 5.41) is 0. The highest BCUT2D eigenvalue weighted by atomic mass is 14.7. The maximum Gasteiger partial charge on any atom is 0.0892 e. The molecule has 1 heterocycles. The number of rotatable bonds is 1. The van der Waals surface area contributed by atoms with Crippen LogP contribution in [-0.4, -0.2) is 4.98 Å². The van der Waals surface area contributed by atoms with Gasteiger partial charge in [-0.25, -0.2) is 0 Å². The molecule has 1 aromatic heterocycles. The number of nitrogens with zero attached hydrogens (tertiary/aromatic N) is 1. The SMILES string of the molecule is CC(C)(C)c1c[c]nc(C2CC2)c1. The Morgan fingerprint density at radius 2 is 2.08 bits per heavy atom. The van der Waals surface area contributed by atoms with Gasteiger partial charge < -0.3 is 0 Å². The van der Waals surface area contributed by atoms with E-state index >= 15 is 0 Å². The largest absolute Gasteiger partial charge is 0.251 e. The van der Waals surface area contributed by atoms with Gasteiger partial charge in [0.25, 0.3) is 0 Å². The van der Waals surface area contributed by atoms with E-state index in [0.29, 0.717) is 0 Å². The monoisotopic (exact) mass is 174 g/mol. The molecule has 1 aliphatic rings. The summed E-state index contributed by atoms with van der Waals surface area (Å²) in [6.07, 6.45) is 5.64. The third-order valence-corrected chi connectivity index (χ3v) is 2.58. The van der Waals surface area contributed by atoms with Crippen LogP contribution in [0.1, 0.15) is 50.8 Å². The van der Waals surface area contributed by atoms with E-state index in [4.69, 9.17) is 0 Å². The van der Waals surface area contributed by atoms with Crippen LogP contribution in [0.3, 0.4) is 0 Å². The first kappa shape index (κ1) is 8.74. The molecule has 0 N–H and O–H groups in total. The fraction of sp³-hybridized carbons (Fsp3) is 0.583. The topological polar surface area (TPSA) is 12.9 Å². The normalized spacial score (nSPS) is 17.5. The van der Waals surface area contributed by atoms with E-state index in [2.05, 4.69) is 38.0 Å². The predicted molar refractivity (Wildman–Crippen MR) is 53.7 cm³/mol. The lowest BCUT2D eigenvalue weighted by Crippen LogP contribution is -2.11. The van der Waals surface area contributed by atoms with E-state index in [1.54, 1.807) is 0 Å². The van der Waals surface area contributed by atoms with Crippen LogP contribution < -0.4 is 0 Å². The summed E-state index contributed by atoms with van der Waals surface area (Å²) in [5.41, 5.74) is 2.82. The van der Waals surface area contributed by atoms with Gasteiger partial charge in [0.05, 0.1) is 6.20 Å². The van der Waals surface area contributed by atoms with E-state index < -0.39 is 0 Å². The molecule has 1 aliphatic carbocycles. The third kappa shape index (κ3) is 1.90. The molecule has 0 amide bonds. The zero-order valence-electron chi connectivity index (χ0n) is 8.59. The molecule has 1 radical (unpaired) electrons. The highest BCUT2D eigenvalue weighted by molar-refractivity contribution is 5.26. The zero-order valence-corrected chi connectivity index (χ0v) is 8.59. The summed E-state index contributed by atoms with van der Waals surface area (Å²) in [5.74, 6) is 0.735. The second-order valence-electron chi connectivity index (χ2n) is 4.93. The molecule has 1 fully saturated rings. The molecule has 1 saturated carbocycles. The van der Waals surface area contributed by atoms with Gasteiger partial charge in [0.15, 0.2) is 0 Å². The summed E-state index contributed by atoms with van der Waals surface area (Å²) in [7, 11) is 0. The number of pyridine rings is 1. The second kappa shape index (κ2) is 2.83. The van der Waals surface area contributed by atoms with Gasteiger partial charge in [-0.1, -0.05) is 20.8 Å². The molecule has 1 heteroatoms. The van der Waals surface area contributed by atoms with Crippen LogP contribution in [0.25, 0.3) is 0 Å². The number of hydrogen-bond acceptors (Lipinski definition) is 1. The van der Waals surface area contributed by atoms with E-state index in [-0.39, 0.29) is 5.41 Å². The molecule has 0 saturated heterocycles. The lowest BCUT2D eigenvalue weighted by Gasteiger charge is -2.19. The molecule has 1 nitrogen and oxygen atoms in total. The van der Waals surface area contributed by atoms with E-state index in [1.807, 2.05) is 6.07 Å². The summed E-state index contributed by atoms with van der Waals surface area (Å²) in [6, 6.07) is 4.25. The highest BCUT2D eigenvalue weighted by Gasteiger charge is 2.26.